The van der Waals surface area contributed by atoms with Crippen LogP contribution in [0.4, 0.5) is 5.69 Å². The zero-order chi connectivity index (χ0) is 19.3. The molecule has 0 aliphatic carbocycles. The largest absolute Gasteiger partial charge is 0.375 e. The molecule has 5 heteroatoms. The summed E-state index contributed by atoms with van der Waals surface area (Å²) in [7, 11) is 1.58. The van der Waals surface area contributed by atoms with Gasteiger partial charge in [-0.1, -0.05) is 56.6 Å². The lowest BCUT2D eigenvalue weighted by atomic mass is 9.85. The van der Waals surface area contributed by atoms with Gasteiger partial charge < -0.3 is 10.0 Å². The highest BCUT2D eigenvalue weighted by atomic mass is 35.5. The van der Waals surface area contributed by atoms with Gasteiger partial charge in [-0.25, -0.2) is 0 Å². The van der Waals surface area contributed by atoms with E-state index >= 15 is 0 Å². The molecule has 2 aromatic rings. The van der Waals surface area contributed by atoms with Gasteiger partial charge in [-0.2, -0.15) is 0 Å². The summed E-state index contributed by atoms with van der Waals surface area (Å²) in [5.74, 6) is -0.808. The Balaban J connectivity index is 1.92. The van der Waals surface area contributed by atoms with Crippen molar-refractivity contribution in [3.05, 3.63) is 64.2 Å². The zero-order valence-electron chi connectivity index (χ0n) is 15.3. The summed E-state index contributed by atoms with van der Waals surface area (Å²) in [5.41, 5.74) is 0.614. The molecule has 1 heterocycles. The molecule has 1 atom stereocenters. The molecule has 1 amide bonds. The Labute approximate surface area is 158 Å². The van der Waals surface area contributed by atoms with Crippen molar-refractivity contribution in [3.63, 3.8) is 0 Å². The molecule has 1 aliphatic heterocycles. The van der Waals surface area contributed by atoms with Gasteiger partial charge in [0.25, 0.3) is 5.91 Å². The van der Waals surface area contributed by atoms with Crippen LogP contribution in [0.15, 0.2) is 42.5 Å². The molecule has 0 unspecified atom stereocenters. The molecule has 0 saturated carbocycles. The number of amides is 1. The van der Waals surface area contributed by atoms with Crippen molar-refractivity contribution in [3.8, 4) is 0 Å². The number of halogens is 1. The molecule has 0 saturated heterocycles. The summed E-state index contributed by atoms with van der Waals surface area (Å²) in [5, 5.41) is 11.5. The fourth-order valence-electron chi connectivity index (χ4n) is 3.30. The van der Waals surface area contributed by atoms with Crippen LogP contribution in [0.1, 0.15) is 48.7 Å². The van der Waals surface area contributed by atoms with E-state index in [0.717, 1.165) is 5.56 Å². The zero-order valence-corrected chi connectivity index (χ0v) is 16.1. The molecule has 2 aromatic carbocycles. The summed E-state index contributed by atoms with van der Waals surface area (Å²) in [6.07, 6.45) is -0.321. The molecule has 0 aromatic heterocycles. The molecule has 1 N–H and O–H groups in total. The number of hydrogen-bond donors (Lipinski definition) is 1. The maximum atomic E-state index is 12.8. The molecular formula is C21H22ClNO3. The molecule has 0 radical (unpaired) electrons. The van der Waals surface area contributed by atoms with E-state index in [1.54, 1.807) is 37.4 Å². The number of ketones is 1. The second-order valence-corrected chi connectivity index (χ2v) is 8.25. The van der Waals surface area contributed by atoms with Crippen LogP contribution in [0, 0.1) is 0 Å². The average molecular weight is 372 g/mol. The van der Waals surface area contributed by atoms with Gasteiger partial charge in [0.05, 0.1) is 12.1 Å². The van der Waals surface area contributed by atoms with Crippen LogP contribution in [0.5, 0.6) is 0 Å². The van der Waals surface area contributed by atoms with E-state index in [2.05, 4.69) is 20.8 Å². The Morgan fingerprint density at radius 3 is 2.35 bits per heavy atom. The Kier molecular flexibility index (Phi) is 4.45. The Morgan fingerprint density at radius 2 is 1.77 bits per heavy atom. The molecular weight excluding hydrogens is 350 g/mol. The highest BCUT2D eigenvalue weighted by molar-refractivity contribution is 6.31. The standard InChI is InChI=1S/C21H22ClNO3/c1-20(2,3)14-7-5-13(6-8-14)18(24)12-21(26)16-11-15(22)9-10-17(16)23(4)19(21)25/h5-11,26H,12H2,1-4H3/t21-/m0/s1. The predicted octanol–water partition coefficient (Wildman–Crippen LogP) is 4.07. The highest BCUT2D eigenvalue weighted by Crippen LogP contribution is 2.43. The molecule has 3 rings (SSSR count). The van der Waals surface area contributed by atoms with E-state index in [1.807, 2.05) is 12.1 Å². The first-order valence-electron chi connectivity index (χ1n) is 8.48. The number of fused-ring (bicyclic) bond motifs is 1. The van der Waals surface area contributed by atoms with Crippen LogP contribution in [0.2, 0.25) is 5.02 Å². The number of nitrogens with zero attached hydrogens (tertiary/aromatic N) is 1. The normalized spacial score (nSPS) is 19.6. The lowest BCUT2D eigenvalue weighted by molar-refractivity contribution is -0.135. The van der Waals surface area contributed by atoms with Crippen LogP contribution >= 0.6 is 11.6 Å². The van der Waals surface area contributed by atoms with E-state index < -0.39 is 11.5 Å². The van der Waals surface area contributed by atoms with E-state index in [1.165, 1.54) is 4.90 Å². The Bertz CT molecular complexity index is 883. The average Bonchev–Trinajstić information content (AvgIpc) is 2.76. The second-order valence-electron chi connectivity index (χ2n) is 7.81. The van der Waals surface area contributed by atoms with Gasteiger partial charge in [0.15, 0.2) is 11.4 Å². The summed E-state index contributed by atoms with van der Waals surface area (Å²) in [4.78, 5) is 26.7. The number of hydrogen-bond acceptors (Lipinski definition) is 3. The van der Waals surface area contributed by atoms with E-state index in [9.17, 15) is 14.7 Å². The van der Waals surface area contributed by atoms with Gasteiger partial charge in [-0.15, -0.1) is 0 Å². The van der Waals surface area contributed by atoms with Crippen molar-refractivity contribution in [1.82, 2.24) is 0 Å². The third-order valence-corrected chi connectivity index (χ3v) is 5.15. The molecule has 4 nitrogen and oxygen atoms in total. The fraction of sp³-hybridized carbons (Fsp3) is 0.333. The van der Waals surface area contributed by atoms with Gasteiger partial charge in [-0.3, -0.25) is 9.59 Å². The number of aliphatic hydroxyl groups is 1. The predicted molar refractivity (Wildman–Crippen MR) is 103 cm³/mol. The summed E-state index contributed by atoms with van der Waals surface area (Å²) < 4.78 is 0. The first kappa shape index (κ1) is 18.6. The quantitative estimate of drug-likeness (QED) is 0.827. The first-order valence-corrected chi connectivity index (χ1v) is 8.86. The summed E-state index contributed by atoms with van der Waals surface area (Å²) >= 11 is 6.03. The van der Waals surface area contributed by atoms with Crippen LogP contribution < -0.4 is 4.90 Å². The number of rotatable bonds is 3. The minimum atomic E-state index is -1.89. The smallest absolute Gasteiger partial charge is 0.263 e. The third kappa shape index (κ3) is 3.04. The van der Waals surface area contributed by atoms with Crippen molar-refractivity contribution in [2.24, 2.45) is 0 Å². The summed E-state index contributed by atoms with van der Waals surface area (Å²) in [6.45, 7) is 6.29. The number of carbonyl (C=O) groups excluding carboxylic acids is 2. The number of likely N-dealkylation sites (N-methyl/N-ethyl adjacent to an activating group) is 1. The fourth-order valence-corrected chi connectivity index (χ4v) is 3.47. The minimum absolute atomic E-state index is 0.0143. The lowest BCUT2D eigenvalue weighted by Crippen LogP contribution is -2.40. The molecule has 136 valence electrons. The molecule has 1 aliphatic rings. The van der Waals surface area contributed by atoms with Crippen molar-refractivity contribution in [1.29, 1.82) is 0 Å². The topological polar surface area (TPSA) is 57.6 Å². The molecule has 0 fully saturated rings. The monoisotopic (exact) mass is 371 g/mol. The van der Waals surface area contributed by atoms with Crippen molar-refractivity contribution in [2.45, 2.75) is 38.2 Å². The SMILES string of the molecule is CN1C(=O)[C@](O)(CC(=O)c2ccc(C(C)(C)C)cc2)c2cc(Cl)ccc21. The maximum Gasteiger partial charge on any atom is 0.263 e. The Morgan fingerprint density at radius 1 is 1.15 bits per heavy atom. The molecule has 26 heavy (non-hydrogen) atoms. The van der Waals surface area contributed by atoms with Crippen molar-refractivity contribution >= 4 is 29.0 Å². The van der Waals surface area contributed by atoms with Gasteiger partial charge >= 0.3 is 0 Å². The number of anilines is 1. The maximum absolute atomic E-state index is 12.8. The van der Waals surface area contributed by atoms with Crippen LogP contribution in [-0.2, 0) is 15.8 Å². The van der Waals surface area contributed by atoms with E-state index in [-0.39, 0.29) is 17.6 Å². The number of Topliss-reactive ketones (excluding diaryl/α,β-unsaturated/α-hetero) is 1. The summed E-state index contributed by atoms with van der Waals surface area (Å²) in [6, 6.07) is 12.2. The van der Waals surface area contributed by atoms with Gasteiger partial charge in [0.2, 0.25) is 0 Å². The second kappa shape index (κ2) is 6.22. The van der Waals surface area contributed by atoms with Crippen LogP contribution in [0.25, 0.3) is 0 Å². The van der Waals surface area contributed by atoms with Crippen molar-refractivity contribution < 1.29 is 14.7 Å². The van der Waals surface area contributed by atoms with Crippen LogP contribution in [0.3, 0.4) is 0 Å². The lowest BCUT2D eigenvalue weighted by Gasteiger charge is -2.22. The molecule has 0 bridgehead atoms. The van der Waals surface area contributed by atoms with Crippen molar-refractivity contribution in [2.75, 3.05) is 11.9 Å². The number of carbonyl (C=O) groups is 2. The Hall–Kier alpha value is -2.17. The van der Waals surface area contributed by atoms with Crippen LogP contribution in [-0.4, -0.2) is 23.8 Å². The van der Waals surface area contributed by atoms with E-state index in [0.29, 0.717) is 21.8 Å². The minimum Gasteiger partial charge on any atom is -0.375 e. The number of benzene rings is 2. The first-order chi connectivity index (χ1) is 12.0. The van der Waals surface area contributed by atoms with Gasteiger partial charge in [0.1, 0.15) is 0 Å². The highest BCUT2D eigenvalue weighted by Gasteiger charge is 2.49. The third-order valence-electron chi connectivity index (χ3n) is 4.91. The van der Waals surface area contributed by atoms with Gasteiger partial charge in [-0.05, 0) is 29.2 Å². The van der Waals surface area contributed by atoms with Gasteiger partial charge in [0, 0.05) is 23.2 Å². The van der Waals surface area contributed by atoms with E-state index in [4.69, 9.17) is 11.6 Å². The molecule has 0 spiro atoms.